The number of nitrogens with zero attached hydrogens (tertiary/aromatic N) is 2. The molecule has 1 aliphatic carbocycles. The number of nitrogens with one attached hydrogen (secondary N) is 1. The van der Waals surface area contributed by atoms with E-state index < -0.39 is 11.6 Å². The number of thiophene rings is 1. The molecule has 3 heterocycles. The molecule has 2 aliphatic rings. The molecule has 0 fully saturated rings. The molecule has 7 heteroatoms. The molecule has 0 saturated heterocycles. The summed E-state index contributed by atoms with van der Waals surface area (Å²) in [6.45, 7) is 0. The largest absolute Gasteiger partial charge is 0.340 e. The van der Waals surface area contributed by atoms with E-state index in [1.54, 1.807) is 13.1 Å². The van der Waals surface area contributed by atoms with E-state index in [4.69, 9.17) is 0 Å². The van der Waals surface area contributed by atoms with Gasteiger partial charge in [-0.15, -0.1) is 11.3 Å². The lowest BCUT2D eigenvalue weighted by molar-refractivity contribution is 0.103. The van der Waals surface area contributed by atoms with Crippen LogP contribution in [0.1, 0.15) is 32.3 Å². The molecule has 0 bridgehead atoms. The standard InChI is InChI=1S/C20H15N3O3S/c1-22-18-15(19(25)23(2)20(22)26)13(12-8-5-9-27-12)14-16(21-18)10-6-3-4-7-11(10)17(14)24/h3-9,13,21H,1-2H3. The number of hydrogen-bond donors (Lipinski definition) is 1. The predicted molar refractivity (Wildman–Crippen MR) is 104 cm³/mol. The number of ketones is 1. The third kappa shape index (κ3) is 1.97. The molecule has 1 aromatic carbocycles. The fraction of sp³-hybridized carbons (Fsp3) is 0.150. The summed E-state index contributed by atoms with van der Waals surface area (Å²) < 4.78 is 2.53. The Morgan fingerprint density at radius 2 is 1.70 bits per heavy atom. The van der Waals surface area contributed by atoms with Crippen LogP contribution in [-0.4, -0.2) is 14.9 Å². The molecule has 6 nitrogen and oxygen atoms in total. The molecule has 27 heavy (non-hydrogen) atoms. The first-order valence-electron chi connectivity index (χ1n) is 8.49. The monoisotopic (exact) mass is 377 g/mol. The van der Waals surface area contributed by atoms with E-state index in [9.17, 15) is 14.4 Å². The second-order valence-electron chi connectivity index (χ2n) is 6.70. The van der Waals surface area contributed by atoms with Crippen LogP contribution in [0.5, 0.6) is 0 Å². The number of aromatic nitrogens is 2. The highest BCUT2D eigenvalue weighted by Gasteiger charge is 2.42. The molecular weight excluding hydrogens is 362 g/mol. The van der Waals surface area contributed by atoms with E-state index in [-0.39, 0.29) is 11.3 Å². The molecule has 0 amide bonds. The highest BCUT2D eigenvalue weighted by atomic mass is 32.1. The molecule has 3 aromatic rings. The van der Waals surface area contributed by atoms with Crippen LogP contribution in [0.3, 0.4) is 0 Å². The van der Waals surface area contributed by atoms with E-state index in [1.807, 2.05) is 35.7 Å². The van der Waals surface area contributed by atoms with Crippen molar-refractivity contribution >= 4 is 28.6 Å². The number of carbonyl (C=O) groups excluding carboxylic acids is 1. The molecule has 1 atom stereocenters. The number of allylic oxidation sites excluding steroid dienone is 1. The Labute approximate surface area is 158 Å². The smallest absolute Gasteiger partial charge is 0.332 e. The molecule has 1 unspecified atom stereocenters. The van der Waals surface area contributed by atoms with Crippen molar-refractivity contribution < 1.29 is 4.79 Å². The third-order valence-corrected chi connectivity index (χ3v) is 6.24. The fourth-order valence-corrected chi connectivity index (χ4v) is 4.84. The van der Waals surface area contributed by atoms with Gasteiger partial charge in [-0.25, -0.2) is 4.79 Å². The molecule has 2 aromatic heterocycles. The van der Waals surface area contributed by atoms with Gasteiger partial charge >= 0.3 is 5.69 Å². The Morgan fingerprint density at radius 3 is 2.41 bits per heavy atom. The van der Waals surface area contributed by atoms with Gasteiger partial charge in [0.05, 0.1) is 17.2 Å². The Bertz CT molecular complexity index is 1280. The molecular formula is C20H15N3O3S. The predicted octanol–water partition coefficient (Wildman–Crippen LogP) is 2.31. The summed E-state index contributed by atoms with van der Waals surface area (Å²) in [4.78, 5) is 39.6. The minimum atomic E-state index is -0.498. The van der Waals surface area contributed by atoms with Crippen LogP contribution in [0.4, 0.5) is 5.82 Å². The minimum Gasteiger partial charge on any atom is -0.340 e. The van der Waals surface area contributed by atoms with Crippen LogP contribution in [0, 0.1) is 0 Å². The van der Waals surface area contributed by atoms with Gasteiger partial charge in [0.1, 0.15) is 5.82 Å². The van der Waals surface area contributed by atoms with Crippen molar-refractivity contribution in [1.29, 1.82) is 0 Å². The Kier molecular flexibility index (Phi) is 3.21. The molecule has 0 radical (unpaired) electrons. The maximum atomic E-state index is 13.2. The lowest BCUT2D eigenvalue weighted by Gasteiger charge is -2.28. The zero-order valence-corrected chi connectivity index (χ0v) is 15.5. The first kappa shape index (κ1) is 16.0. The second-order valence-corrected chi connectivity index (χ2v) is 7.68. The van der Waals surface area contributed by atoms with Gasteiger partial charge in [0.2, 0.25) is 0 Å². The van der Waals surface area contributed by atoms with Crippen LogP contribution in [0.2, 0.25) is 0 Å². The van der Waals surface area contributed by atoms with Crippen molar-refractivity contribution in [3.63, 3.8) is 0 Å². The third-order valence-electron chi connectivity index (χ3n) is 5.30. The maximum Gasteiger partial charge on any atom is 0.332 e. The summed E-state index contributed by atoms with van der Waals surface area (Å²) in [5.41, 5.74) is 2.32. The number of rotatable bonds is 1. The van der Waals surface area contributed by atoms with Crippen LogP contribution < -0.4 is 16.6 Å². The zero-order valence-electron chi connectivity index (χ0n) is 14.6. The number of carbonyl (C=O) groups is 1. The van der Waals surface area contributed by atoms with Crippen LogP contribution in [-0.2, 0) is 14.1 Å². The average molecular weight is 377 g/mol. The van der Waals surface area contributed by atoms with Crippen molar-refractivity contribution in [2.75, 3.05) is 5.32 Å². The number of Topliss-reactive ketones (excluding diaryl/α,β-unsaturated/α-hetero) is 1. The highest BCUT2D eigenvalue weighted by molar-refractivity contribution is 7.10. The van der Waals surface area contributed by atoms with Crippen molar-refractivity contribution in [1.82, 2.24) is 9.13 Å². The quantitative estimate of drug-likeness (QED) is 0.706. The number of benzene rings is 1. The lowest BCUT2D eigenvalue weighted by atomic mass is 9.85. The average Bonchev–Trinajstić information content (AvgIpc) is 3.31. The van der Waals surface area contributed by atoms with Crippen molar-refractivity contribution in [2.45, 2.75) is 5.92 Å². The summed E-state index contributed by atoms with van der Waals surface area (Å²) >= 11 is 1.50. The molecule has 5 rings (SSSR count). The maximum absolute atomic E-state index is 13.2. The van der Waals surface area contributed by atoms with Crippen LogP contribution in [0.25, 0.3) is 5.70 Å². The minimum absolute atomic E-state index is 0.0759. The van der Waals surface area contributed by atoms with Gasteiger partial charge in [0.25, 0.3) is 5.56 Å². The summed E-state index contributed by atoms with van der Waals surface area (Å²) in [5, 5.41) is 5.15. The zero-order chi connectivity index (χ0) is 18.9. The molecule has 134 valence electrons. The van der Waals surface area contributed by atoms with E-state index in [2.05, 4.69) is 5.32 Å². The van der Waals surface area contributed by atoms with E-state index in [1.165, 1.54) is 23.0 Å². The number of hydrogen-bond acceptors (Lipinski definition) is 5. The Hall–Kier alpha value is -3.19. The van der Waals surface area contributed by atoms with Gasteiger partial charge < -0.3 is 5.32 Å². The normalized spacial score (nSPS) is 17.4. The molecule has 0 saturated carbocycles. The highest BCUT2D eigenvalue weighted by Crippen LogP contribution is 2.48. The summed E-state index contributed by atoms with van der Waals surface area (Å²) in [6.07, 6.45) is 0. The van der Waals surface area contributed by atoms with Gasteiger partial charge in [-0.1, -0.05) is 30.3 Å². The van der Waals surface area contributed by atoms with Gasteiger partial charge in [0, 0.05) is 35.7 Å². The lowest BCUT2D eigenvalue weighted by Crippen LogP contribution is -2.42. The van der Waals surface area contributed by atoms with Gasteiger partial charge in [0.15, 0.2) is 5.78 Å². The summed E-state index contributed by atoms with van der Waals surface area (Å²) in [5.74, 6) is -0.126. The fourth-order valence-electron chi connectivity index (χ4n) is 4.00. The number of fused-ring (bicyclic) bond motifs is 3. The van der Waals surface area contributed by atoms with Crippen molar-refractivity contribution in [3.8, 4) is 0 Å². The molecule has 1 N–H and O–H groups in total. The topological polar surface area (TPSA) is 73.1 Å². The summed E-state index contributed by atoms with van der Waals surface area (Å²) in [7, 11) is 3.10. The van der Waals surface area contributed by atoms with Crippen LogP contribution in [0.15, 0.2) is 56.9 Å². The first-order chi connectivity index (χ1) is 13.0. The first-order valence-corrected chi connectivity index (χ1v) is 9.37. The molecule has 0 spiro atoms. The van der Waals surface area contributed by atoms with Gasteiger partial charge in [-0.05, 0) is 11.4 Å². The molecule has 1 aliphatic heterocycles. The summed E-state index contributed by atoms with van der Waals surface area (Å²) in [6, 6.07) is 11.2. The number of anilines is 1. The SMILES string of the molecule is Cn1c2c(c(=O)n(C)c1=O)C(c1cccs1)C1=C(N2)c2ccccc2C1=O. The van der Waals surface area contributed by atoms with Crippen molar-refractivity contribution in [2.24, 2.45) is 14.1 Å². The second kappa shape index (κ2) is 5.40. The Morgan fingerprint density at radius 1 is 0.963 bits per heavy atom. The van der Waals surface area contributed by atoms with Gasteiger partial charge in [-0.2, -0.15) is 0 Å². The van der Waals surface area contributed by atoms with Crippen molar-refractivity contribution in [3.05, 3.63) is 89.8 Å². The Balaban J connectivity index is 1.90. The van der Waals surface area contributed by atoms with E-state index >= 15 is 0 Å². The van der Waals surface area contributed by atoms with E-state index in [0.29, 0.717) is 28.2 Å². The van der Waals surface area contributed by atoms with E-state index in [0.717, 1.165) is 15.0 Å². The van der Waals surface area contributed by atoms with Crippen LogP contribution >= 0.6 is 11.3 Å². The van der Waals surface area contributed by atoms with Gasteiger partial charge in [-0.3, -0.25) is 18.7 Å².